The summed E-state index contributed by atoms with van der Waals surface area (Å²) in [6.07, 6.45) is 1.46. The van der Waals surface area contributed by atoms with Crippen LogP contribution in [-0.4, -0.2) is 47.6 Å². The van der Waals surface area contributed by atoms with Crippen molar-refractivity contribution in [2.45, 2.75) is 51.9 Å². The highest BCUT2D eigenvalue weighted by atomic mass is 32.1. The fourth-order valence-corrected chi connectivity index (χ4v) is 3.98. The second kappa shape index (κ2) is 8.86. The fraction of sp³-hybridized carbons (Fsp3) is 0.550. The van der Waals surface area contributed by atoms with Gasteiger partial charge in [-0.1, -0.05) is 11.3 Å². The number of carbonyl (C=O) groups is 1. The van der Waals surface area contributed by atoms with Gasteiger partial charge in [-0.25, -0.2) is 4.79 Å². The van der Waals surface area contributed by atoms with Crippen molar-refractivity contribution >= 4 is 17.4 Å². The molecule has 0 aliphatic carbocycles. The van der Waals surface area contributed by atoms with Crippen LogP contribution in [0.4, 0.5) is 4.79 Å². The lowest BCUT2D eigenvalue weighted by Gasteiger charge is -2.27. The van der Waals surface area contributed by atoms with E-state index in [9.17, 15) is 4.79 Å². The lowest BCUT2D eigenvalue weighted by Crippen LogP contribution is -2.36. The van der Waals surface area contributed by atoms with Gasteiger partial charge in [0, 0.05) is 12.6 Å². The van der Waals surface area contributed by atoms with E-state index in [1.165, 1.54) is 11.3 Å². The van der Waals surface area contributed by atoms with E-state index >= 15 is 0 Å². The van der Waals surface area contributed by atoms with Crippen molar-refractivity contribution in [3.05, 3.63) is 28.2 Å². The highest BCUT2D eigenvalue weighted by molar-refractivity contribution is 7.11. The predicted molar refractivity (Wildman–Crippen MR) is 109 cm³/mol. The van der Waals surface area contributed by atoms with Gasteiger partial charge in [-0.3, -0.25) is 4.90 Å². The summed E-state index contributed by atoms with van der Waals surface area (Å²) in [5, 5.41) is 10.1. The first-order chi connectivity index (χ1) is 13.8. The zero-order chi connectivity index (χ0) is 21.0. The summed E-state index contributed by atoms with van der Waals surface area (Å²) < 4.78 is 21.9. The maximum absolute atomic E-state index is 12.5. The molecule has 2 heterocycles. The van der Waals surface area contributed by atoms with Crippen LogP contribution in [0.2, 0.25) is 0 Å². The molecule has 158 valence electrons. The van der Waals surface area contributed by atoms with E-state index in [-0.39, 0.29) is 18.7 Å². The second-order valence-electron chi connectivity index (χ2n) is 7.67. The quantitative estimate of drug-likeness (QED) is 0.691. The van der Waals surface area contributed by atoms with Crippen LogP contribution < -0.4 is 14.2 Å². The third-order valence-electron chi connectivity index (χ3n) is 4.37. The number of likely N-dealkylation sites (tertiary alicyclic amines) is 1. The van der Waals surface area contributed by atoms with Gasteiger partial charge in [0.1, 0.15) is 23.0 Å². The van der Waals surface area contributed by atoms with Crippen molar-refractivity contribution in [3.63, 3.8) is 0 Å². The van der Waals surface area contributed by atoms with Crippen LogP contribution in [0.25, 0.3) is 0 Å². The second-order valence-corrected chi connectivity index (χ2v) is 8.76. The Morgan fingerprint density at radius 3 is 2.66 bits per heavy atom. The Morgan fingerprint density at radius 2 is 1.97 bits per heavy atom. The van der Waals surface area contributed by atoms with E-state index in [4.69, 9.17) is 18.9 Å². The van der Waals surface area contributed by atoms with E-state index in [1.54, 1.807) is 31.3 Å². The zero-order valence-corrected chi connectivity index (χ0v) is 18.2. The molecule has 1 aromatic carbocycles. The molecule has 29 heavy (non-hydrogen) atoms. The number of amides is 1. The Labute approximate surface area is 174 Å². The highest BCUT2D eigenvalue weighted by Crippen LogP contribution is 2.35. The molecule has 1 aliphatic rings. The van der Waals surface area contributed by atoms with Gasteiger partial charge in [-0.15, -0.1) is 10.2 Å². The number of carbonyl (C=O) groups excluding carboxylic acids is 1. The fourth-order valence-electron chi connectivity index (χ4n) is 3.07. The van der Waals surface area contributed by atoms with Crippen molar-refractivity contribution in [3.8, 4) is 17.2 Å². The predicted octanol–water partition coefficient (Wildman–Crippen LogP) is 4.21. The molecule has 0 bridgehead atoms. The molecule has 1 atom stereocenters. The lowest BCUT2D eigenvalue weighted by molar-refractivity contribution is 0.0224. The van der Waals surface area contributed by atoms with Crippen LogP contribution in [0, 0.1) is 0 Å². The molecule has 1 saturated heterocycles. The van der Waals surface area contributed by atoms with Crippen LogP contribution in [0.5, 0.6) is 17.2 Å². The summed E-state index contributed by atoms with van der Waals surface area (Å²) in [5.41, 5.74) is -0.524. The van der Waals surface area contributed by atoms with E-state index in [2.05, 4.69) is 10.2 Å². The standard InChI is InChI=1S/C20H27N3O5S/c1-20(2,3)28-19(24)23-10-6-7-14(23)18-22-21-17(29-18)12-27-13-8-9-15(25-4)16(11-13)26-5/h8-9,11,14H,6-7,10,12H2,1-5H3/t14-/m0/s1. The smallest absolute Gasteiger partial charge is 0.410 e. The largest absolute Gasteiger partial charge is 0.493 e. The average molecular weight is 422 g/mol. The van der Waals surface area contributed by atoms with Gasteiger partial charge < -0.3 is 18.9 Å². The van der Waals surface area contributed by atoms with Crippen LogP contribution in [0.3, 0.4) is 0 Å². The highest BCUT2D eigenvalue weighted by Gasteiger charge is 2.35. The van der Waals surface area contributed by atoms with Crippen LogP contribution >= 0.6 is 11.3 Å². The molecule has 0 N–H and O–H groups in total. The SMILES string of the molecule is COc1ccc(OCc2nnc([C@@H]3CCCN3C(=O)OC(C)(C)C)s2)cc1OC. The number of hydrogen-bond acceptors (Lipinski definition) is 8. The third-order valence-corrected chi connectivity index (χ3v) is 5.36. The number of benzene rings is 1. The number of rotatable bonds is 6. The molecule has 0 unspecified atom stereocenters. The van der Waals surface area contributed by atoms with Gasteiger partial charge in [-0.2, -0.15) is 0 Å². The summed E-state index contributed by atoms with van der Waals surface area (Å²) in [6.45, 7) is 6.54. The normalized spacial score (nSPS) is 16.6. The molecule has 8 nitrogen and oxygen atoms in total. The van der Waals surface area contributed by atoms with Gasteiger partial charge in [0.2, 0.25) is 0 Å². The van der Waals surface area contributed by atoms with Crippen molar-refractivity contribution in [1.29, 1.82) is 0 Å². The molecule has 9 heteroatoms. The minimum absolute atomic E-state index is 0.0998. The van der Waals surface area contributed by atoms with Gasteiger partial charge in [0.25, 0.3) is 0 Å². The maximum atomic E-state index is 12.5. The third kappa shape index (κ3) is 5.29. The van der Waals surface area contributed by atoms with Crippen molar-refractivity contribution in [2.75, 3.05) is 20.8 Å². The zero-order valence-electron chi connectivity index (χ0n) is 17.4. The number of methoxy groups -OCH3 is 2. The summed E-state index contributed by atoms with van der Waals surface area (Å²) in [5.74, 6) is 1.89. The van der Waals surface area contributed by atoms with Gasteiger partial charge in [0.05, 0.1) is 20.3 Å². The lowest BCUT2D eigenvalue weighted by atomic mass is 10.2. The minimum atomic E-state index is -0.524. The summed E-state index contributed by atoms with van der Waals surface area (Å²) in [6, 6.07) is 5.26. The van der Waals surface area contributed by atoms with Crippen LogP contribution in [0.15, 0.2) is 18.2 Å². The molecule has 1 fully saturated rings. The van der Waals surface area contributed by atoms with Crippen LogP contribution in [0.1, 0.15) is 49.7 Å². The van der Waals surface area contributed by atoms with Crippen LogP contribution in [-0.2, 0) is 11.3 Å². The van der Waals surface area contributed by atoms with Gasteiger partial charge >= 0.3 is 6.09 Å². The summed E-state index contributed by atoms with van der Waals surface area (Å²) in [7, 11) is 3.17. The van der Waals surface area contributed by atoms with Crippen molar-refractivity contribution in [1.82, 2.24) is 15.1 Å². The summed E-state index contributed by atoms with van der Waals surface area (Å²) in [4.78, 5) is 14.2. The van der Waals surface area contributed by atoms with E-state index in [1.807, 2.05) is 26.8 Å². The average Bonchev–Trinajstić information content (AvgIpc) is 3.33. The number of ether oxygens (including phenoxy) is 4. The Balaban J connectivity index is 1.64. The van der Waals surface area contributed by atoms with E-state index in [0.717, 1.165) is 22.9 Å². The Hall–Kier alpha value is -2.55. The number of hydrogen-bond donors (Lipinski definition) is 0. The molecular formula is C20H27N3O5S. The maximum Gasteiger partial charge on any atom is 0.410 e. The molecular weight excluding hydrogens is 394 g/mol. The van der Waals surface area contributed by atoms with Gasteiger partial charge in [-0.05, 0) is 45.7 Å². The first kappa shape index (κ1) is 21.2. The minimum Gasteiger partial charge on any atom is -0.493 e. The Morgan fingerprint density at radius 1 is 1.21 bits per heavy atom. The molecule has 3 rings (SSSR count). The Bertz CT molecular complexity index is 849. The summed E-state index contributed by atoms with van der Waals surface area (Å²) >= 11 is 1.45. The van der Waals surface area contributed by atoms with Gasteiger partial charge in [0.15, 0.2) is 16.5 Å². The topological polar surface area (TPSA) is 83.0 Å². The first-order valence-electron chi connectivity index (χ1n) is 9.47. The molecule has 0 spiro atoms. The van der Waals surface area contributed by atoms with E-state index < -0.39 is 5.60 Å². The van der Waals surface area contributed by atoms with Crippen molar-refractivity contribution in [2.24, 2.45) is 0 Å². The molecule has 1 aromatic heterocycles. The molecule has 0 saturated carbocycles. The van der Waals surface area contributed by atoms with E-state index in [0.29, 0.717) is 23.8 Å². The number of aromatic nitrogens is 2. The molecule has 2 aromatic rings. The first-order valence-corrected chi connectivity index (χ1v) is 10.3. The van der Waals surface area contributed by atoms with Crippen molar-refractivity contribution < 1.29 is 23.7 Å². The molecule has 1 aliphatic heterocycles. The Kier molecular flexibility index (Phi) is 6.46. The number of nitrogens with zero attached hydrogens (tertiary/aromatic N) is 3. The monoisotopic (exact) mass is 421 g/mol. The molecule has 0 radical (unpaired) electrons. The molecule has 1 amide bonds.